The van der Waals surface area contributed by atoms with E-state index in [1.54, 1.807) is 44.2 Å². The van der Waals surface area contributed by atoms with Gasteiger partial charge in [0.15, 0.2) is 9.84 Å². The van der Waals surface area contributed by atoms with Crippen molar-refractivity contribution in [1.82, 2.24) is 15.0 Å². The van der Waals surface area contributed by atoms with E-state index in [9.17, 15) is 17.6 Å². The Hall–Kier alpha value is -2.62. The molecule has 0 radical (unpaired) electrons. The molecule has 1 aromatic heterocycles. The van der Waals surface area contributed by atoms with Crippen molar-refractivity contribution >= 4 is 20.7 Å². The van der Waals surface area contributed by atoms with E-state index in [0.717, 1.165) is 5.56 Å². The molecule has 31 heavy (non-hydrogen) atoms. The molecule has 0 unspecified atom stereocenters. The number of rotatable bonds is 8. The summed E-state index contributed by atoms with van der Waals surface area (Å²) in [6.45, 7) is 3.89. The fourth-order valence-electron chi connectivity index (χ4n) is 3.12. The molecule has 1 N–H and O–H groups in total. The monoisotopic (exact) mass is 447 g/mol. The molecular weight excluding hydrogens is 421 g/mol. The van der Waals surface area contributed by atoms with Gasteiger partial charge in [-0.3, -0.25) is 9.36 Å². The lowest BCUT2D eigenvalue weighted by Crippen LogP contribution is -2.33. The van der Waals surface area contributed by atoms with Crippen molar-refractivity contribution in [1.29, 1.82) is 0 Å². The number of aromatic nitrogens is 2. The third-order valence-electron chi connectivity index (χ3n) is 5.55. The molecule has 2 aromatic carbocycles. The minimum Gasteiger partial charge on any atom is -0.305 e. The molecule has 1 heterocycles. The maximum absolute atomic E-state index is 14.6. The Labute approximate surface area is 180 Å². The second kappa shape index (κ2) is 8.86. The number of benzene rings is 2. The summed E-state index contributed by atoms with van der Waals surface area (Å²) >= 11 is 0. The van der Waals surface area contributed by atoms with Gasteiger partial charge in [0.1, 0.15) is 5.82 Å². The summed E-state index contributed by atoms with van der Waals surface area (Å²) in [6, 6.07) is 9.88. The second-order valence-electron chi connectivity index (χ2n) is 8.10. The van der Waals surface area contributed by atoms with Crippen LogP contribution in [0.1, 0.15) is 25.8 Å². The summed E-state index contributed by atoms with van der Waals surface area (Å²) in [5, 5.41) is 0.393. The summed E-state index contributed by atoms with van der Waals surface area (Å²) < 4.78 is 38.9. The van der Waals surface area contributed by atoms with Gasteiger partial charge >= 0.3 is 0 Å². The molecule has 0 atom stereocenters. The maximum Gasteiger partial charge on any atom is 0.261 e. The summed E-state index contributed by atoms with van der Waals surface area (Å²) in [5.41, 5.74) is 4.61. The minimum atomic E-state index is -3.26. The lowest BCUT2D eigenvalue weighted by molar-refractivity contribution is 0.0866. The van der Waals surface area contributed by atoms with Crippen molar-refractivity contribution < 1.29 is 17.6 Å². The number of hydrogen-bond donors (Lipinski definition) is 1. The quantitative estimate of drug-likeness (QED) is 0.534. The molecule has 0 aliphatic carbocycles. The first kappa shape index (κ1) is 23.1. The zero-order valence-electron chi connectivity index (χ0n) is 18.0. The number of hydrogen-bond acceptors (Lipinski definition) is 6. The zero-order chi connectivity index (χ0) is 22.8. The van der Waals surface area contributed by atoms with Gasteiger partial charge in [0.25, 0.3) is 5.56 Å². The van der Waals surface area contributed by atoms with Crippen LogP contribution in [0.2, 0.25) is 0 Å². The van der Waals surface area contributed by atoms with Crippen molar-refractivity contribution in [2.24, 2.45) is 0 Å². The highest BCUT2D eigenvalue weighted by atomic mass is 32.2. The first-order valence-corrected chi connectivity index (χ1v) is 11.7. The summed E-state index contributed by atoms with van der Waals surface area (Å²) in [5.74, 6) is -0.383. The Balaban J connectivity index is 1.90. The highest BCUT2D eigenvalue weighted by Gasteiger charge is 2.29. The number of nitrogens with one attached hydrogen (secondary N) is 1. The van der Waals surface area contributed by atoms with Crippen LogP contribution >= 0.6 is 0 Å². The fourth-order valence-corrected chi connectivity index (χ4v) is 3.58. The van der Waals surface area contributed by atoms with Crippen molar-refractivity contribution in [3.05, 3.63) is 64.5 Å². The van der Waals surface area contributed by atoms with Gasteiger partial charge in [0, 0.05) is 24.9 Å². The molecule has 0 aliphatic heterocycles. The molecule has 3 aromatic rings. The van der Waals surface area contributed by atoms with Gasteiger partial charge in [-0.15, -0.1) is 0 Å². The van der Waals surface area contributed by atoms with Gasteiger partial charge < -0.3 is 4.84 Å². The standard InChI is InChI=1S/C22H26FN3O4S/c1-22(2,31(4,28)29)9-10-26-14-24-20-12-16(6-8-18(20)21(26)27)17-7-5-15(11-19(17)23)13-25-30-3/h5-8,11-12,14,25H,9-10,13H2,1-4H3. The van der Waals surface area contributed by atoms with E-state index in [4.69, 9.17) is 4.84 Å². The SMILES string of the molecule is CONCc1ccc(-c2ccc3c(=O)n(CCC(C)(C)S(C)(=O)=O)cnc3c2)c(F)c1. The summed E-state index contributed by atoms with van der Waals surface area (Å²) in [6.07, 6.45) is 2.88. The Morgan fingerprint density at radius 2 is 1.94 bits per heavy atom. The van der Waals surface area contributed by atoms with E-state index < -0.39 is 14.6 Å². The predicted octanol–water partition coefficient (Wildman–Crippen LogP) is 3.07. The number of halogens is 1. The Bertz CT molecular complexity index is 1270. The Morgan fingerprint density at radius 1 is 1.19 bits per heavy atom. The molecule has 0 spiro atoms. The van der Waals surface area contributed by atoms with Crippen LogP contribution < -0.4 is 11.0 Å². The van der Waals surface area contributed by atoms with Crippen LogP contribution in [0.5, 0.6) is 0 Å². The fraction of sp³-hybridized carbons (Fsp3) is 0.364. The van der Waals surface area contributed by atoms with Crippen molar-refractivity contribution in [3.63, 3.8) is 0 Å². The second-order valence-corrected chi connectivity index (χ2v) is 10.7. The lowest BCUT2D eigenvalue weighted by Gasteiger charge is -2.22. The Kier molecular flexibility index (Phi) is 6.59. The smallest absolute Gasteiger partial charge is 0.261 e. The number of hydroxylamine groups is 1. The summed E-state index contributed by atoms with van der Waals surface area (Å²) in [4.78, 5) is 22.0. The van der Waals surface area contributed by atoms with Crippen molar-refractivity contribution in [2.45, 2.75) is 38.1 Å². The average Bonchev–Trinajstić information content (AvgIpc) is 2.70. The molecule has 0 bridgehead atoms. The molecule has 166 valence electrons. The van der Waals surface area contributed by atoms with Crippen LogP contribution in [0.15, 0.2) is 47.5 Å². The van der Waals surface area contributed by atoms with Gasteiger partial charge in [0.2, 0.25) is 0 Å². The molecule has 0 aliphatic rings. The van der Waals surface area contributed by atoms with Gasteiger partial charge in [-0.1, -0.05) is 18.2 Å². The molecular formula is C22H26FN3O4S. The van der Waals surface area contributed by atoms with E-state index >= 15 is 0 Å². The summed E-state index contributed by atoms with van der Waals surface area (Å²) in [7, 11) is -1.77. The molecule has 9 heteroatoms. The topological polar surface area (TPSA) is 90.3 Å². The first-order valence-electron chi connectivity index (χ1n) is 9.77. The third kappa shape index (κ3) is 5.00. The van der Waals surface area contributed by atoms with Gasteiger partial charge in [-0.05, 0) is 49.6 Å². The van der Waals surface area contributed by atoms with Gasteiger partial charge in [-0.25, -0.2) is 17.8 Å². The minimum absolute atomic E-state index is 0.231. The van der Waals surface area contributed by atoms with Crippen LogP contribution in [0.25, 0.3) is 22.0 Å². The first-order chi connectivity index (χ1) is 14.5. The normalized spacial score (nSPS) is 12.4. The van der Waals surface area contributed by atoms with E-state index in [1.165, 1.54) is 30.3 Å². The van der Waals surface area contributed by atoms with E-state index in [-0.39, 0.29) is 24.3 Å². The Morgan fingerprint density at radius 3 is 2.58 bits per heavy atom. The van der Waals surface area contributed by atoms with Gasteiger partial charge in [-0.2, -0.15) is 5.48 Å². The molecule has 0 amide bonds. The maximum atomic E-state index is 14.6. The lowest BCUT2D eigenvalue weighted by atomic mass is 10.0. The van der Waals surface area contributed by atoms with Crippen LogP contribution in [0, 0.1) is 5.82 Å². The van der Waals surface area contributed by atoms with Gasteiger partial charge in [0.05, 0.1) is 29.1 Å². The highest BCUT2D eigenvalue weighted by Crippen LogP contribution is 2.26. The number of sulfone groups is 1. The molecule has 3 rings (SSSR count). The molecule has 7 nitrogen and oxygen atoms in total. The predicted molar refractivity (Wildman–Crippen MR) is 119 cm³/mol. The number of nitrogens with zero attached hydrogens (tertiary/aromatic N) is 2. The van der Waals surface area contributed by atoms with Crippen molar-refractivity contribution in [3.8, 4) is 11.1 Å². The molecule has 0 saturated heterocycles. The van der Waals surface area contributed by atoms with Crippen LogP contribution in [0.4, 0.5) is 4.39 Å². The van der Waals surface area contributed by atoms with Crippen molar-refractivity contribution in [2.75, 3.05) is 13.4 Å². The third-order valence-corrected chi connectivity index (χ3v) is 7.76. The molecule has 0 saturated carbocycles. The average molecular weight is 448 g/mol. The van der Waals surface area contributed by atoms with E-state index in [0.29, 0.717) is 28.6 Å². The number of aryl methyl sites for hydroxylation is 1. The van der Waals surface area contributed by atoms with Crippen LogP contribution in [-0.2, 0) is 27.8 Å². The molecule has 0 fully saturated rings. The number of fused-ring (bicyclic) bond motifs is 1. The van der Waals surface area contributed by atoms with E-state index in [2.05, 4.69) is 10.5 Å². The van der Waals surface area contributed by atoms with Crippen LogP contribution in [-0.4, -0.2) is 36.1 Å². The highest BCUT2D eigenvalue weighted by molar-refractivity contribution is 7.92. The van der Waals surface area contributed by atoms with Crippen LogP contribution in [0.3, 0.4) is 0 Å². The largest absolute Gasteiger partial charge is 0.305 e. The zero-order valence-corrected chi connectivity index (χ0v) is 18.8. The van der Waals surface area contributed by atoms with E-state index in [1.807, 2.05) is 0 Å².